The molecule has 1 amide bonds. The topological polar surface area (TPSA) is 42.4 Å². The van der Waals surface area contributed by atoms with Crippen molar-refractivity contribution >= 4 is 12.0 Å². The number of methoxy groups -OCH3 is 1. The van der Waals surface area contributed by atoms with Crippen LogP contribution in [0.2, 0.25) is 0 Å². The van der Waals surface area contributed by atoms with Gasteiger partial charge < -0.3 is 9.64 Å². The average Bonchev–Trinajstić information content (AvgIpc) is 2.79. The minimum absolute atomic E-state index is 0.228. The molecule has 4 heteroatoms. The van der Waals surface area contributed by atoms with Crippen LogP contribution >= 0.6 is 0 Å². The number of unbranched alkanes of at least 4 members (excludes halogenated alkanes) is 5. The SMILES string of the molecule is CCCCCCCCC(=O)N(C/C=C/c1ccccc1OC)CCc1ccccn1. The number of benzene rings is 1. The van der Waals surface area contributed by atoms with Gasteiger partial charge in [-0.3, -0.25) is 9.78 Å². The second-order valence-electron chi connectivity index (χ2n) is 7.57. The first-order chi connectivity index (χ1) is 14.7. The van der Waals surface area contributed by atoms with E-state index in [4.69, 9.17) is 4.74 Å². The minimum Gasteiger partial charge on any atom is -0.496 e. The lowest BCUT2D eigenvalue weighted by atomic mass is 10.1. The van der Waals surface area contributed by atoms with E-state index in [1.807, 2.05) is 53.4 Å². The van der Waals surface area contributed by atoms with Gasteiger partial charge in [0, 0.05) is 43.4 Å². The van der Waals surface area contributed by atoms with Crippen molar-refractivity contribution < 1.29 is 9.53 Å². The third-order valence-electron chi connectivity index (χ3n) is 5.22. The average molecular weight is 409 g/mol. The summed E-state index contributed by atoms with van der Waals surface area (Å²) in [7, 11) is 1.68. The molecule has 1 aromatic carbocycles. The summed E-state index contributed by atoms with van der Waals surface area (Å²) in [5, 5.41) is 0. The number of carbonyl (C=O) groups is 1. The molecule has 0 fully saturated rings. The van der Waals surface area contributed by atoms with E-state index in [0.29, 0.717) is 19.5 Å². The molecule has 1 heterocycles. The molecule has 0 radical (unpaired) electrons. The van der Waals surface area contributed by atoms with Crippen LogP contribution in [0.15, 0.2) is 54.7 Å². The van der Waals surface area contributed by atoms with E-state index in [0.717, 1.165) is 36.3 Å². The first-order valence-corrected chi connectivity index (χ1v) is 11.2. The van der Waals surface area contributed by atoms with Crippen LogP contribution in [0.5, 0.6) is 5.75 Å². The van der Waals surface area contributed by atoms with E-state index >= 15 is 0 Å². The van der Waals surface area contributed by atoms with Crippen LogP contribution in [0.1, 0.15) is 63.1 Å². The molecule has 2 aromatic rings. The Kier molecular flexibility index (Phi) is 11.3. The summed E-state index contributed by atoms with van der Waals surface area (Å²) in [5.74, 6) is 1.07. The molecule has 0 saturated carbocycles. The molecule has 0 saturated heterocycles. The van der Waals surface area contributed by atoms with Gasteiger partial charge in [-0.05, 0) is 24.6 Å². The van der Waals surface area contributed by atoms with Gasteiger partial charge in [-0.25, -0.2) is 0 Å². The summed E-state index contributed by atoms with van der Waals surface area (Å²) < 4.78 is 5.41. The van der Waals surface area contributed by atoms with E-state index in [2.05, 4.69) is 18.0 Å². The normalized spacial score (nSPS) is 11.0. The summed E-state index contributed by atoms with van der Waals surface area (Å²) in [4.78, 5) is 19.2. The molecule has 0 aliphatic heterocycles. The van der Waals surface area contributed by atoms with Crippen LogP contribution < -0.4 is 4.74 Å². The van der Waals surface area contributed by atoms with Crippen molar-refractivity contribution in [2.45, 2.75) is 58.3 Å². The third-order valence-corrected chi connectivity index (χ3v) is 5.22. The molecule has 2 rings (SSSR count). The molecule has 0 atom stereocenters. The van der Waals surface area contributed by atoms with Crippen molar-refractivity contribution in [2.75, 3.05) is 20.2 Å². The smallest absolute Gasteiger partial charge is 0.222 e. The number of carbonyl (C=O) groups excluding carboxylic acids is 1. The fourth-order valence-electron chi connectivity index (χ4n) is 3.44. The van der Waals surface area contributed by atoms with Gasteiger partial charge in [-0.2, -0.15) is 0 Å². The molecular weight excluding hydrogens is 372 g/mol. The van der Waals surface area contributed by atoms with Crippen LogP contribution in [0.25, 0.3) is 6.08 Å². The lowest BCUT2D eigenvalue weighted by Crippen LogP contribution is -2.33. The van der Waals surface area contributed by atoms with E-state index < -0.39 is 0 Å². The van der Waals surface area contributed by atoms with Crippen molar-refractivity contribution in [1.82, 2.24) is 9.88 Å². The molecule has 0 N–H and O–H groups in total. The maximum atomic E-state index is 12.9. The second kappa shape index (κ2) is 14.4. The van der Waals surface area contributed by atoms with Gasteiger partial charge in [0.2, 0.25) is 5.91 Å². The number of aromatic nitrogens is 1. The van der Waals surface area contributed by atoms with Gasteiger partial charge in [0.1, 0.15) is 5.75 Å². The van der Waals surface area contributed by atoms with Gasteiger partial charge >= 0.3 is 0 Å². The number of ether oxygens (including phenoxy) is 1. The van der Waals surface area contributed by atoms with Crippen molar-refractivity contribution in [3.8, 4) is 5.75 Å². The van der Waals surface area contributed by atoms with Crippen LogP contribution in [-0.2, 0) is 11.2 Å². The molecule has 0 unspecified atom stereocenters. The second-order valence-corrected chi connectivity index (χ2v) is 7.57. The van der Waals surface area contributed by atoms with Crippen LogP contribution in [-0.4, -0.2) is 36.0 Å². The fraction of sp³-hybridized carbons (Fsp3) is 0.462. The molecule has 0 aliphatic rings. The third kappa shape index (κ3) is 8.81. The maximum Gasteiger partial charge on any atom is 0.222 e. The highest BCUT2D eigenvalue weighted by molar-refractivity contribution is 5.76. The largest absolute Gasteiger partial charge is 0.496 e. The summed E-state index contributed by atoms with van der Waals surface area (Å²) in [6.07, 6.45) is 14.4. The number of para-hydroxylation sites is 1. The fourth-order valence-corrected chi connectivity index (χ4v) is 3.44. The number of amides is 1. The zero-order valence-electron chi connectivity index (χ0n) is 18.6. The van der Waals surface area contributed by atoms with Gasteiger partial charge in [0.25, 0.3) is 0 Å². The molecular formula is C26H36N2O2. The summed E-state index contributed by atoms with van der Waals surface area (Å²) in [6.45, 7) is 3.50. The Balaban J connectivity index is 1.92. The first-order valence-electron chi connectivity index (χ1n) is 11.2. The van der Waals surface area contributed by atoms with Gasteiger partial charge in [0.05, 0.1) is 7.11 Å². The Hall–Kier alpha value is -2.62. The number of rotatable bonds is 14. The highest BCUT2D eigenvalue weighted by Crippen LogP contribution is 2.18. The van der Waals surface area contributed by atoms with Gasteiger partial charge in [-0.15, -0.1) is 0 Å². The minimum atomic E-state index is 0.228. The summed E-state index contributed by atoms with van der Waals surface area (Å²) >= 11 is 0. The Morgan fingerprint density at radius 1 is 1.03 bits per heavy atom. The molecule has 30 heavy (non-hydrogen) atoms. The first kappa shape index (κ1) is 23.7. The molecule has 4 nitrogen and oxygen atoms in total. The number of pyridine rings is 1. The van der Waals surface area contributed by atoms with E-state index in [9.17, 15) is 4.79 Å². The predicted molar refractivity (Wildman–Crippen MR) is 125 cm³/mol. The molecule has 0 aliphatic carbocycles. The molecule has 162 valence electrons. The highest BCUT2D eigenvalue weighted by atomic mass is 16.5. The maximum absolute atomic E-state index is 12.9. The van der Waals surface area contributed by atoms with Crippen LogP contribution in [0.4, 0.5) is 0 Å². The van der Waals surface area contributed by atoms with E-state index in [1.54, 1.807) is 13.3 Å². The summed E-state index contributed by atoms with van der Waals surface area (Å²) in [6, 6.07) is 13.8. The predicted octanol–water partition coefficient (Wildman–Crippen LogP) is 5.93. The van der Waals surface area contributed by atoms with Crippen LogP contribution in [0.3, 0.4) is 0 Å². The molecule has 1 aromatic heterocycles. The quantitative estimate of drug-likeness (QED) is 0.364. The van der Waals surface area contributed by atoms with Crippen molar-refractivity contribution in [2.24, 2.45) is 0 Å². The Morgan fingerprint density at radius 2 is 1.80 bits per heavy atom. The molecule has 0 bridgehead atoms. The van der Waals surface area contributed by atoms with Gasteiger partial charge in [0.15, 0.2) is 0 Å². The Morgan fingerprint density at radius 3 is 2.57 bits per heavy atom. The van der Waals surface area contributed by atoms with Crippen molar-refractivity contribution in [3.05, 3.63) is 66.0 Å². The van der Waals surface area contributed by atoms with Crippen molar-refractivity contribution in [1.29, 1.82) is 0 Å². The van der Waals surface area contributed by atoms with Crippen molar-refractivity contribution in [3.63, 3.8) is 0 Å². The lowest BCUT2D eigenvalue weighted by molar-refractivity contribution is -0.130. The summed E-state index contributed by atoms with van der Waals surface area (Å²) in [5.41, 5.74) is 2.04. The highest BCUT2D eigenvalue weighted by Gasteiger charge is 2.12. The zero-order valence-corrected chi connectivity index (χ0v) is 18.6. The van der Waals surface area contributed by atoms with Crippen LogP contribution in [0, 0.1) is 0 Å². The number of hydrogen-bond acceptors (Lipinski definition) is 3. The number of nitrogens with zero attached hydrogens (tertiary/aromatic N) is 2. The van der Waals surface area contributed by atoms with Gasteiger partial charge in [-0.1, -0.05) is 75.4 Å². The Labute approximate surface area is 182 Å². The molecule has 0 spiro atoms. The zero-order chi connectivity index (χ0) is 21.4. The standard InChI is InChI=1S/C26H36N2O2/c1-3-4-5-6-7-8-18-26(29)28(22-19-24-16-11-12-20-27-24)21-13-15-23-14-9-10-17-25(23)30-2/h9-17,20H,3-8,18-19,21-22H2,1-2H3/b15-13+. The monoisotopic (exact) mass is 408 g/mol. The Bertz CT molecular complexity index is 759. The number of hydrogen-bond donors (Lipinski definition) is 0. The van der Waals surface area contributed by atoms with E-state index in [1.165, 1.54) is 25.7 Å². The van der Waals surface area contributed by atoms with E-state index in [-0.39, 0.29) is 5.91 Å². The lowest BCUT2D eigenvalue weighted by Gasteiger charge is -2.21.